The number of nitrogens with one attached hydrogen (secondary N) is 2. The number of carbonyl (C=O) groups is 2. The van der Waals surface area contributed by atoms with Gasteiger partial charge >= 0.3 is 0 Å². The van der Waals surface area contributed by atoms with E-state index in [1.54, 1.807) is 0 Å². The molecule has 5 nitrogen and oxygen atoms in total. The van der Waals surface area contributed by atoms with Crippen molar-refractivity contribution >= 4 is 12.8 Å². The summed E-state index contributed by atoms with van der Waals surface area (Å²) in [6, 6.07) is 0. The van der Waals surface area contributed by atoms with Gasteiger partial charge in [0, 0.05) is 6.42 Å². The van der Waals surface area contributed by atoms with Crippen molar-refractivity contribution in [3.05, 3.63) is 0 Å². The zero-order chi connectivity index (χ0) is 11.1. The molecule has 1 rings (SSSR count). The summed E-state index contributed by atoms with van der Waals surface area (Å²) in [7, 11) is 0. The second-order valence-corrected chi connectivity index (χ2v) is 4.11. The van der Waals surface area contributed by atoms with E-state index >= 15 is 0 Å². The monoisotopic (exact) mass is 214 g/mol. The third-order valence-electron chi connectivity index (χ3n) is 2.91. The predicted molar refractivity (Wildman–Crippen MR) is 54.8 cm³/mol. The van der Waals surface area contributed by atoms with E-state index in [0.717, 1.165) is 32.1 Å². The molecule has 0 aliphatic heterocycles. The number of amides is 2. The Kier molecular flexibility index (Phi) is 4.55. The fourth-order valence-corrected chi connectivity index (χ4v) is 2.12. The van der Waals surface area contributed by atoms with Gasteiger partial charge in [0.1, 0.15) is 6.17 Å². The van der Waals surface area contributed by atoms with Gasteiger partial charge in [0.2, 0.25) is 12.8 Å². The van der Waals surface area contributed by atoms with E-state index in [-0.39, 0.29) is 0 Å². The molecule has 3 N–H and O–H groups in total. The van der Waals surface area contributed by atoms with Crippen molar-refractivity contribution in [1.82, 2.24) is 10.6 Å². The predicted octanol–water partition coefficient (Wildman–Crippen LogP) is -0.110. The minimum absolute atomic E-state index is 0.379. The molecule has 0 bridgehead atoms. The molecular weight excluding hydrogens is 196 g/mol. The van der Waals surface area contributed by atoms with Crippen LogP contribution in [0.4, 0.5) is 0 Å². The molecule has 1 aliphatic rings. The van der Waals surface area contributed by atoms with Crippen molar-refractivity contribution in [3.8, 4) is 0 Å². The quantitative estimate of drug-likeness (QED) is 0.426. The zero-order valence-corrected chi connectivity index (χ0v) is 8.74. The molecule has 1 saturated carbocycles. The van der Waals surface area contributed by atoms with Gasteiger partial charge in [0.25, 0.3) is 0 Å². The van der Waals surface area contributed by atoms with Gasteiger partial charge in [0.15, 0.2) is 0 Å². The van der Waals surface area contributed by atoms with Crippen LogP contribution in [0.15, 0.2) is 0 Å². The second kappa shape index (κ2) is 5.70. The maximum atomic E-state index is 10.3. The van der Waals surface area contributed by atoms with Crippen LogP contribution in [0.1, 0.15) is 38.5 Å². The Balaban J connectivity index is 2.46. The van der Waals surface area contributed by atoms with Crippen LogP contribution in [0.25, 0.3) is 0 Å². The van der Waals surface area contributed by atoms with Crippen molar-refractivity contribution in [2.45, 2.75) is 50.3 Å². The molecule has 0 radical (unpaired) electrons. The highest BCUT2D eigenvalue weighted by atomic mass is 16.3. The lowest BCUT2D eigenvalue weighted by atomic mass is 9.82. The molecule has 1 fully saturated rings. The highest BCUT2D eigenvalue weighted by molar-refractivity contribution is 5.50. The molecule has 0 saturated heterocycles. The van der Waals surface area contributed by atoms with Gasteiger partial charge in [-0.1, -0.05) is 19.3 Å². The molecule has 15 heavy (non-hydrogen) atoms. The van der Waals surface area contributed by atoms with Crippen LogP contribution in [-0.4, -0.2) is 29.7 Å². The van der Waals surface area contributed by atoms with Crippen LogP contribution in [-0.2, 0) is 9.59 Å². The van der Waals surface area contributed by atoms with Crippen molar-refractivity contribution < 1.29 is 14.7 Å². The lowest BCUT2D eigenvalue weighted by molar-refractivity contribution is -0.113. The summed E-state index contributed by atoms with van der Waals surface area (Å²) >= 11 is 0. The Hall–Kier alpha value is -1.10. The van der Waals surface area contributed by atoms with E-state index in [9.17, 15) is 14.7 Å². The topological polar surface area (TPSA) is 78.4 Å². The first-order chi connectivity index (χ1) is 7.20. The first-order valence-corrected chi connectivity index (χ1v) is 5.32. The first-order valence-electron chi connectivity index (χ1n) is 5.32. The van der Waals surface area contributed by atoms with Crippen molar-refractivity contribution in [2.24, 2.45) is 0 Å². The summed E-state index contributed by atoms with van der Waals surface area (Å²) in [5, 5.41) is 15.1. The SMILES string of the molecule is O=CNC(CC1(O)CCCCC1)NC=O. The van der Waals surface area contributed by atoms with E-state index in [0.29, 0.717) is 19.2 Å². The second-order valence-electron chi connectivity index (χ2n) is 4.11. The molecule has 0 aromatic carbocycles. The summed E-state index contributed by atoms with van der Waals surface area (Å²) in [6.45, 7) is 0. The molecule has 0 heterocycles. The standard InChI is InChI=1S/C10H18N2O3/c13-7-11-9(12-8-14)6-10(15)4-2-1-3-5-10/h7-9,15H,1-6H2,(H,11,13)(H,12,14). The van der Waals surface area contributed by atoms with Crippen molar-refractivity contribution in [3.63, 3.8) is 0 Å². The van der Waals surface area contributed by atoms with E-state index in [1.165, 1.54) is 0 Å². The van der Waals surface area contributed by atoms with Crippen LogP contribution >= 0.6 is 0 Å². The largest absolute Gasteiger partial charge is 0.390 e. The number of carbonyl (C=O) groups excluding carboxylic acids is 2. The smallest absolute Gasteiger partial charge is 0.208 e. The molecule has 1 aliphatic carbocycles. The summed E-state index contributed by atoms with van der Waals surface area (Å²) in [6.07, 6.45) is 5.62. The molecule has 0 spiro atoms. The Morgan fingerprint density at radius 2 is 1.67 bits per heavy atom. The lowest BCUT2D eigenvalue weighted by Gasteiger charge is -2.34. The Bertz CT molecular complexity index is 205. The minimum Gasteiger partial charge on any atom is -0.390 e. The third-order valence-corrected chi connectivity index (χ3v) is 2.91. The molecule has 0 atom stereocenters. The summed E-state index contributed by atoms with van der Waals surface area (Å²) in [5.41, 5.74) is -0.741. The van der Waals surface area contributed by atoms with Gasteiger partial charge in [-0.2, -0.15) is 0 Å². The minimum atomic E-state index is -0.741. The van der Waals surface area contributed by atoms with Crippen molar-refractivity contribution in [2.75, 3.05) is 0 Å². The van der Waals surface area contributed by atoms with Gasteiger partial charge in [-0.05, 0) is 12.8 Å². The Morgan fingerprint density at radius 1 is 1.13 bits per heavy atom. The molecule has 0 aromatic heterocycles. The fraction of sp³-hybridized carbons (Fsp3) is 0.800. The van der Waals surface area contributed by atoms with Gasteiger partial charge in [-0.25, -0.2) is 0 Å². The normalized spacial score (nSPS) is 19.6. The summed E-state index contributed by atoms with van der Waals surface area (Å²) < 4.78 is 0. The highest BCUT2D eigenvalue weighted by Gasteiger charge is 2.31. The van der Waals surface area contributed by atoms with Crippen LogP contribution in [0.5, 0.6) is 0 Å². The third kappa shape index (κ3) is 3.87. The highest BCUT2D eigenvalue weighted by Crippen LogP contribution is 2.31. The molecule has 0 aromatic rings. The summed E-state index contributed by atoms with van der Waals surface area (Å²) in [5.74, 6) is 0. The zero-order valence-electron chi connectivity index (χ0n) is 8.74. The van der Waals surface area contributed by atoms with E-state index in [1.807, 2.05) is 0 Å². The van der Waals surface area contributed by atoms with E-state index < -0.39 is 11.8 Å². The molecule has 2 amide bonds. The molecule has 5 heteroatoms. The number of hydrogen-bond donors (Lipinski definition) is 3. The van der Waals surface area contributed by atoms with Crippen LogP contribution in [0.2, 0.25) is 0 Å². The number of aliphatic hydroxyl groups is 1. The van der Waals surface area contributed by atoms with Crippen molar-refractivity contribution in [1.29, 1.82) is 0 Å². The van der Waals surface area contributed by atoms with Crippen LogP contribution in [0.3, 0.4) is 0 Å². The average molecular weight is 214 g/mol. The lowest BCUT2D eigenvalue weighted by Crippen LogP contribution is -2.48. The van der Waals surface area contributed by atoms with Gasteiger partial charge < -0.3 is 15.7 Å². The first kappa shape index (κ1) is 12.0. The van der Waals surface area contributed by atoms with E-state index in [4.69, 9.17) is 0 Å². The Labute approximate surface area is 89.2 Å². The van der Waals surface area contributed by atoms with Gasteiger partial charge in [0.05, 0.1) is 5.60 Å². The van der Waals surface area contributed by atoms with Crippen LogP contribution in [0, 0.1) is 0 Å². The number of rotatable bonds is 6. The van der Waals surface area contributed by atoms with Crippen LogP contribution < -0.4 is 10.6 Å². The van der Waals surface area contributed by atoms with Gasteiger partial charge in [-0.15, -0.1) is 0 Å². The number of hydrogen-bond acceptors (Lipinski definition) is 3. The van der Waals surface area contributed by atoms with E-state index in [2.05, 4.69) is 10.6 Å². The molecular formula is C10H18N2O3. The maximum absolute atomic E-state index is 10.3. The summed E-state index contributed by atoms with van der Waals surface area (Å²) in [4.78, 5) is 20.6. The molecule has 0 unspecified atom stereocenters. The maximum Gasteiger partial charge on any atom is 0.208 e. The average Bonchev–Trinajstić information content (AvgIpc) is 2.19. The fourth-order valence-electron chi connectivity index (χ4n) is 2.12. The Morgan fingerprint density at radius 3 is 2.13 bits per heavy atom. The van der Waals surface area contributed by atoms with Gasteiger partial charge in [-0.3, -0.25) is 9.59 Å². The molecule has 86 valence electrons.